The van der Waals surface area contributed by atoms with Crippen molar-refractivity contribution in [3.05, 3.63) is 22.3 Å². The van der Waals surface area contributed by atoms with E-state index in [2.05, 4.69) is 28.1 Å². The number of halogens is 1. The van der Waals surface area contributed by atoms with E-state index in [1.165, 1.54) is 11.1 Å². The van der Waals surface area contributed by atoms with Gasteiger partial charge in [0.25, 0.3) is 5.91 Å². The fourth-order valence-electron chi connectivity index (χ4n) is 2.98. The van der Waals surface area contributed by atoms with Gasteiger partial charge in [-0.3, -0.25) is 4.79 Å². The molecule has 6 nitrogen and oxygen atoms in total. The van der Waals surface area contributed by atoms with Gasteiger partial charge in [-0.05, 0) is 53.5 Å². The Labute approximate surface area is 170 Å². The maximum atomic E-state index is 12.8. The first-order valence-electron chi connectivity index (χ1n) is 9.00. The molecule has 1 aromatic heterocycles. The molecule has 1 atom stereocenters. The van der Waals surface area contributed by atoms with E-state index >= 15 is 0 Å². The van der Waals surface area contributed by atoms with Crippen molar-refractivity contribution in [2.24, 2.45) is 4.40 Å². The molecular weight excluding hydrogens is 384 g/mol. The number of anilines is 1. The number of hydrogen-bond acceptors (Lipinski definition) is 5. The molecule has 1 aliphatic heterocycles. The monoisotopic (exact) mass is 412 g/mol. The van der Waals surface area contributed by atoms with Crippen LogP contribution in [0.4, 0.5) is 5.82 Å². The van der Waals surface area contributed by atoms with Gasteiger partial charge in [0.05, 0.1) is 11.8 Å². The summed E-state index contributed by atoms with van der Waals surface area (Å²) in [5, 5.41) is 0.190. The van der Waals surface area contributed by atoms with E-state index < -0.39 is 16.1 Å². The largest absolute Gasteiger partial charge is 0.591 e. The van der Waals surface area contributed by atoms with Crippen LogP contribution in [0.15, 0.2) is 10.5 Å². The molecule has 1 unspecified atom stereocenters. The lowest BCUT2D eigenvalue weighted by Gasteiger charge is -2.33. The molecule has 0 radical (unpaired) electrons. The maximum absolute atomic E-state index is 12.8. The third-order valence-corrected chi connectivity index (χ3v) is 6.25. The quantitative estimate of drug-likeness (QED) is 0.429. The predicted octanol–water partition coefficient (Wildman–Crippen LogP) is 3.70. The Kier molecular flexibility index (Phi) is 6.49. The summed E-state index contributed by atoms with van der Waals surface area (Å²) in [6, 6.07) is 1.77. The summed E-state index contributed by atoms with van der Waals surface area (Å²) >= 11 is 5.00. The first-order chi connectivity index (χ1) is 12.3. The Morgan fingerprint density at radius 1 is 1.44 bits per heavy atom. The number of amides is 1. The van der Waals surface area contributed by atoms with Crippen molar-refractivity contribution in [3.8, 4) is 0 Å². The van der Waals surface area contributed by atoms with Gasteiger partial charge < -0.3 is 14.4 Å². The topological polar surface area (TPSA) is 71.9 Å². The lowest BCUT2D eigenvalue weighted by molar-refractivity contribution is 0.0827. The number of hydrogen-bond donors (Lipinski definition) is 0. The molecule has 8 heteroatoms. The van der Waals surface area contributed by atoms with Gasteiger partial charge in [0.15, 0.2) is 0 Å². The standard InChI is InChI=1S/C19H29ClN4O2S/c1-18(2,3)27(26)21-12-14-13(17(25)23(6)7)11-15(22-16(14)20)24-10-8-9-19(24,4)5/h11-12H,8-10H2,1-7H3. The van der Waals surface area contributed by atoms with Crippen LogP contribution in [0.5, 0.6) is 0 Å². The lowest BCUT2D eigenvalue weighted by Crippen LogP contribution is -2.39. The van der Waals surface area contributed by atoms with Crippen molar-refractivity contribution in [2.45, 2.75) is 57.7 Å². The van der Waals surface area contributed by atoms with Crippen LogP contribution in [-0.4, -0.2) is 57.5 Å². The van der Waals surface area contributed by atoms with E-state index in [0.717, 1.165) is 19.4 Å². The Hall–Kier alpha value is -1.31. The third-order valence-electron chi connectivity index (χ3n) is 4.61. The summed E-state index contributed by atoms with van der Waals surface area (Å²) in [5.41, 5.74) is 0.763. The number of carbonyl (C=O) groups excluding carboxylic acids is 1. The number of rotatable bonds is 4. The number of aromatic nitrogens is 1. The summed E-state index contributed by atoms with van der Waals surface area (Å²) in [4.78, 5) is 21.0. The van der Waals surface area contributed by atoms with Crippen LogP contribution in [0.2, 0.25) is 5.15 Å². The normalized spacial score (nSPS) is 18.2. The SMILES string of the molecule is CN(C)C(=O)c1cc(N2CCCC2(C)C)nc(Cl)c1C=N[S+]([O-])C(C)(C)C. The molecule has 0 bridgehead atoms. The fraction of sp³-hybridized carbons (Fsp3) is 0.632. The van der Waals surface area contributed by atoms with E-state index in [4.69, 9.17) is 11.6 Å². The van der Waals surface area contributed by atoms with Gasteiger partial charge in [0.1, 0.15) is 27.1 Å². The summed E-state index contributed by atoms with van der Waals surface area (Å²) in [5.74, 6) is 0.488. The van der Waals surface area contributed by atoms with Crippen molar-refractivity contribution < 1.29 is 9.35 Å². The molecule has 1 saturated heterocycles. The van der Waals surface area contributed by atoms with Crippen molar-refractivity contribution in [3.63, 3.8) is 0 Å². The molecule has 0 saturated carbocycles. The van der Waals surface area contributed by atoms with Crippen LogP contribution in [0.3, 0.4) is 0 Å². The van der Waals surface area contributed by atoms with Crippen LogP contribution in [-0.2, 0) is 11.4 Å². The van der Waals surface area contributed by atoms with Crippen LogP contribution in [0, 0.1) is 0 Å². The van der Waals surface area contributed by atoms with E-state index in [1.807, 2.05) is 20.8 Å². The smallest absolute Gasteiger partial charge is 0.254 e. The highest BCUT2D eigenvalue weighted by molar-refractivity contribution is 7.91. The molecule has 0 aliphatic carbocycles. The van der Waals surface area contributed by atoms with Gasteiger partial charge in [-0.15, -0.1) is 0 Å². The first kappa shape index (κ1) is 22.0. The Balaban J connectivity index is 2.53. The van der Waals surface area contributed by atoms with E-state index in [0.29, 0.717) is 16.9 Å². The zero-order chi connectivity index (χ0) is 20.6. The second-order valence-electron chi connectivity index (χ2n) is 8.60. The summed E-state index contributed by atoms with van der Waals surface area (Å²) in [6.45, 7) is 10.7. The van der Waals surface area contributed by atoms with Gasteiger partial charge in [0.2, 0.25) is 0 Å². The Morgan fingerprint density at radius 2 is 2.07 bits per heavy atom. The van der Waals surface area contributed by atoms with Gasteiger partial charge in [-0.1, -0.05) is 16.0 Å². The molecule has 2 heterocycles. The second-order valence-corrected chi connectivity index (χ2v) is 10.9. The molecule has 1 amide bonds. The number of nitrogens with zero attached hydrogens (tertiary/aromatic N) is 4. The number of carbonyl (C=O) groups is 1. The molecular formula is C19H29ClN4O2S. The Morgan fingerprint density at radius 3 is 2.56 bits per heavy atom. The molecule has 27 heavy (non-hydrogen) atoms. The summed E-state index contributed by atoms with van der Waals surface area (Å²) < 4.78 is 15.9. The fourth-order valence-corrected chi connectivity index (χ4v) is 3.74. The zero-order valence-electron chi connectivity index (χ0n) is 17.2. The Bertz CT molecular complexity index is 744. The first-order valence-corrected chi connectivity index (χ1v) is 10.5. The number of pyridine rings is 1. The van der Waals surface area contributed by atoms with E-state index in [-0.39, 0.29) is 16.6 Å². The third kappa shape index (κ3) is 4.95. The predicted molar refractivity (Wildman–Crippen MR) is 113 cm³/mol. The minimum absolute atomic E-state index is 0.0436. The molecule has 2 rings (SSSR count). The maximum Gasteiger partial charge on any atom is 0.254 e. The summed E-state index contributed by atoms with van der Waals surface area (Å²) in [6.07, 6.45) is 3.53. The van der Waals surface area contributed by atoms with Crippen LogP contribution in [0.25, 0.3) is 0 Å². The molecule has 0 N–H and O–H groups in total. The lowest BCUT2D eigenvalue weighted by atomic mass is 10.0. The minimum Gasteiger partial charge on any atom is -0.591 e. The van der Waals surface area contributed by atoms with E-state index in [9.17, 15) is 9.35 Å². The molecule has 1 aromatic rings. The molecule has 0 spiro atoms. The van der Waals surface area contributed by atoms with Gasteiger partial charge >= 0.3 is 0 Å². The van der Waals surface area contributed by atoms with Gasteiger partial charge in [0, 0.05) is 31.7 Å². The molecule has 1 fully saturated rings. The molecule has 0 aromatic carbocycles. The van der Waals surface area contributed by atoms with Gasteiger partial charge in [-0.2, -0.15) is 0 Å². The van der Waals surface area contributed by atoms with Crippen molar-refractivity contribution in [1.29, 1.82) is 0 Å². The van der Waals surface area contributed by atoms with Crippen molar-refractivity contribution in [2.75, 3.05) is 25.5 Å². The molecule has 1 aliphatic rings. The highest BCUT2D eigenvalue weighted by Crippen LogP contribution is 2.34. The van der Waals surface area contributed by atoms with Crippen molar-refractivity contribution in [1.82, 2.24) is 9.88 Å². The average molecular weight is 413 g/mol. The highest BCUT2D eigenvalue weighted by Gasteiger charge is 2.34. The van der Waals surface area contributed by atoms with Gasteiger partial charge in [-0.25, -0.2) is 4.98 Å². The van der Waals surface area contributed by atoms with E-state index in [1.54, 1.807) is 20.2 Å². The van der Waals surface area contributed by atoms with Crippen LogP contribution < -0.4 is 4.90 Å². The zero-order valence-corrected chi connectivity index (χ0v) is 18.7. The highest BCUT2D eigenvalue weighted by atomic mass is 35.5. The van der Waals surface area contributed by atoms with Crippen LogP contribution >= 0.6 is 11.6 Å². The van der Waals surface area contributed by atoms with Crippen molar-refractivity contribution >= 4 is 40.9 Å². The molecule has 150 valence electrons. The second kappa shape index (κ2) is 7.97. The van der Waals surface area contributed by atoms with Crippen LogP contribution in [0.1, 0.15) is 63.4 Å². The average Bonchev–Trinajstić information content (AvgIpc) is 2.90. The minimum atomic E-state index is -1.45. The summed E-state index contributed by atoms with van der Waals surface area (Å²) in [7, 11) is 3.37.